The SMILES string of the molecule is CN1CCC(N(C)C(=O)c2cc(N)n(C)n2)CC1. The Hall–Kier alpha value is -1.56. The molecule has 0 unspecified atom stereocenters. The summed E-state index contributed by atoms with van der Waals surface area (Å²) < 4.78 is 1.52. The van der Waals surface area contributed by atoms with Crippen LogP contribution in [0.15, 0.2) is 6.07 Å². The molecular weight excluding hydrogens is 230 g/mol. The minimum absolute atomic E-state index is 0.0446. The number of nitrogens with zero attached hydrogens (tertiary/aromatic N) is 4. The van der Waals surface area contributed by atoms with E-state index in [2.05, 4.69) is 17.0 Å². The number of anilines is 1. The van der Waals surface area contributed by atoms with Gasteiger partial charge in [-0.3, -0.25) is 9.48 Å². The third kappa shape index (κ3) is 2.48. The fourth-order valence-electron chi connectivity index (χ4n) is 2.31. The molecular formula is C12H21N5O. The lowest BCUT2D eigenvalue weighted by Gasteiger charge is -2.34. The van der Waals surface area contributed by atoms with Gasteiger partial charge in [-0.15, -0.1) is 0 Å². The first-order valence-electron chi connectivity index (χ1n) is 6.24. The van der Waals surface area contributed by atoms with Gasteiger partial charge in [-0.05, 0) is 33.0 Å². The molecule has 2 heterocycles. The number of piperidine rings is 1. The van der Waals surface area contributed by atoms with Gasteiger partial charge in [-0.1, -0.05) is 0 Å². The highest BCUT2D eigenvalue weighted by atomic mass is 16.2. The maximum Gasteiger partial charge on any atom is 0.274 e. The zero-order valence-electron chi connectivity index (χ0n) is 11.3. The molecule has 2 N–H and O–H groups in total. The Kier molecular flexibility index (Phi) is 3.56. The number of rotatable bonds is 2. The second-order valence-corrected chi connectivity index (χ2v) is 5.03. The van der Waals surface area contributed by atoms with Crippen molar-refractivity contribution in [3.8, 4) is 0 Å². The molecule has 1 aromatic rings. The second-order valence-electron chi connectivity index (χ2n) is 5.03. The standard InChI is InChI=1S/C12H21N5O/c1-15-6-4-9(5-7-15)16(2)12(18)10-8-11(13)17(3)14-10/h8-9H,4-7,13H2,1-3H3. The fourth-order valence-corrected chi connectivity index (χ4v) is 2.31. The first-order chi connectivity index (χ1) is 8.49. The van der Waals surface area contributed by atoms with E-state index in [1.807, 2.05) is 7.05 Å². The van der Waals surface area contributed by atoms with Crippen LogP contribution in [0.4, 0.5) is 5.82 Å². The van der Waals surface area contributed by atoms with Crippen LogP contribution >= 0.6 is 0 Å². The summed E-state index contributed by atoms with van der Waals surface area (Å²) in [4.78, 5) is 16.4. The molecule has 18 heavy (non-hydrogen) atoms. The van der Waals surface area contributed by atoms with E-state index in [4.69, 9.17) is 5.73 Å². The van der Waals surface area contributed by atoms with Gasteiger partial charge in [-0.2, -0.15) is 5.10 Å². The van der Waals surface area contributed by atoms with Gasteiger partial charge in [-0.25, -0.2) is 0 Å². The third-order valence-corrected chi connectivity index (χ3v) is 3.69. The zero-order valence-corrected chi connectivity index (χ0v) is 11.3. The van der Waals surface area contributed by atoms with Crippen LogP contribution in [0.5, 0.6) is 0 Å². The van der Waals surface area contributed by atoms with Gasteiger partial charge in [0, 0.05) is 26.2 Å². The van der Waals surface area contributed by atoms with Crippen molar-refractivity contribution in [3.63, 3.8) is 0 Å². The molecule has 1 aliphatic heterocycles. The van der Waals surface area contributed by atoms with E-state index < -0.39 is 0 Å². The van der Waals surface area contributed by atoms with E-state index in [0.29, 0.717) is 17.6 Å². The highest BCUT2D eigenvalue weighted by Crippen LogP contribution is 2.17. The van der Waals surface area contributed by atoms with Crippen molar-refractivity contribution in [2.24, 2.45) is 7.05 Å². The summed E-state index contributed by atoms with van der Waals surface area (Å²) in [5.74, 6) is 0.465. The van der Waals surface area contributed by atoms with Gasteiger partial charge in [0.2, 0.25) is 0 Å². The Morgan fingerprint density at radius 3 is 2.56 bits per heavy atom. The number of aryl methyl sites for hydroxylation is 1. The average molecular weight is 251 g/mol. The first kappa shape index (κ1) is 12.9. The number of hydrogen-bond donors (Lipinski definition) is 1. The number of nitrogen functional groups attached to an aromatic ring is 1. The second kappa shape index (κ2) is 4.97. The van der Waals surface area contributed by atoms with E-state index in [0.717, 1.165) is 25.9 Å². The minimum atomic E-state index is -0.0446. The third-order valence-electron chi connectivity index (χ3n) is 3.69. The summed E-state index contributed by atoms with van der Waals surface area (Å²) in [5, 5.41) is 4.13. The van der Waals surface area contributed by atoms with Crippen LogP contribution in [-0.2, 0) is 7.05 Å². The molecule has 1 amide bonds. The maximum absolute atomic E-state index is 12.3. The van der Waals surface area contributed by atoms with E-state index >= 15 is 0 Å². The molecule has 0 bridgehead atoms. The predicted molar refractivity (Wildman–Crippen MR) is 70.2 cm³/mol. The number of amides is 1. The van der Waals surface area contributed by atoms with Crippen LogP contribution in [0.2, 0.25) is 0 Å². The van der Waals surface area contributed by atoms with Crippen LogP contribution in [0.1, 0.15) is 23.3 Å². The van der Waals surface area contributed by atoms with Crippen molar-refractivity contribution >= 4 is 11.7 Å². The Balaban J connectivity index is 2.04. The summed E-state index contributed by atoms with van der Waals surface area (Å²) in [6.07, 6.45) is 2.03. The van der Waals surface area contributed by atoms with Gasteiger partial charge >= 0.3 is 0 Å². The van der Waals surface area contributed by atoms with Gasteiger partial charge in [0.1, 0.15) is 5.82 Å². The first-order valence-corrected chi connectivity index (χ1v) is 6.24. The van der Waals surface area contributed by atoms with E-state index in [-0.39, 0.29) is 5.91 Å². The van der Waals surface area contributed by atoms with Crippen LogP contribution in [-0.4, -0.2) is 58.7 Å². The Morgan fingerprint density at radius 1 is 1.44 bits per heavy atom. The van der Waals surface area contributed by atoms with Crippen molar-refractivity contribution < 1.29 is 4.79 Å². The highest BCUT2D eigenvalue weighted by molar-refractivity contribution is 5.93. The van der Waals surface area contributed by atoms with E-state index in [9.17, 15) is 4.79 Å². The normalized spacial score (nSPS) is 17.9. The van der Waals surface area contributed by atoms with E-state index in [1.165, 1.54) is 4.68 Å². The Morgan fingerprint density at radius 2 is 2.06 bits per heavy atom. The smallest absolute Gasteiger partial charge is 0.274 e. The fraction of sp³-hybridized carbons (Fsp3) is 0.667. The van der Waals surface area contributed by atoms with Crippen molar-refractivity contribution in [1.82, 2.24) is 19.6 Å². The molecule has 0 radical (unpaired) electrons. The average Bonchev–Trinajstić information content (AvgIpc) is 2.69. The molecule has 0 saturated carbocycles. The van der Waals surface area contributed by atoms with Crippen LogP contribution in [0.3, 0.4) is 0 Å². The molecule has 2 rings (SSSR count). The number of nitrogens with two attached hydrogens (primary N) is 1. The zero-order chi connectivity index (χ0) is 13.3. The van der Waals surface area contributed by atoms with Crippen molar-refractivity contribution in [1.29, 1.82) is 0 Å². The molecule has 1 aromatic heterocycles. The van der Waals surface area contributed by atoms with Gasteiger partial charge in [0.05, 0.1) is 0 Å². The van der Waals surface area contributed by atoms with Gasteiger partial charge < -0.3 is 15.5 Å². The number of aromatic nitrogens is 2. The molecule has 1 saturated heterocycles. The molecule has 0 atom stereocenters. The quantitative estimate of drug-likeness (QED) is 0.813. The highest BCUT2D eigenvalue weighted by Gasteiger charge is 2.26. The summed E-state index contributed by atoms with van der Waals surface area (Å²) in [7, 11) is 5.70. The summed E-state index contributed by atoms with van der Waals surface area (Å²) in [5.41, 5.74) is 6.13. The number of carbonyl (C=O) groups is 1. The summed E-state index contributed by atoms with van der Waals surface area (Å²) in [6.45, 7) is 2.07. The molecule has 100 valence electrons. The van der Waals surface area contributed by atoms with Gasteiger partial charge in [0.15, 0.2) is 5.69 Å². The Bertz CT molecular complexity index is 414. The van der Waals surface area contributed by atoms with Crippen molar-refractivity contribution in [2.75, 3.05) is 32.9 Å². The minimum Gasteiger partial charge on any atom is -0.384 e. The molecule has 0 aromatic carbocycles. The predicted octanol–water partition coefficient (Wildman–Crippen LogP) is 0.169. The summed E-state index contributed by atoms with van der Waals surface area (Å²) >= 11 is 0. The number of hydrogen-bond acceptors (Lipinski definition) is 4. The maximum atomic E-state index is 12.3. The van der Waals surface area contributed by atoms with Crippen LogP contribution < -0.4 is 5.73 Å². The number of carbonyl (C=O) groups excluding carboxylic acids is 1. The lowest BCUT2D eigenvalue weighted by molar-refractivity contribution is 0.0653. The molecule has 0 spiro atoms. The number of likely N-dealkylation sites (tertiary alicyclic amines) is 1. The molecule has 1 fully saturated rings. The van der Waals surface area contributed by atoms with E-state index in [1.54, 1.807) is 18.0 Å². The van der Waals surface area contributed by atoms with Gasteiger partial charge in [0.25, 0.3) is 5.91 Å². The lowest BCUT2D eigenvalue weighted by atomic mass is 10.0. The van der Waals surface area contributed by atoms with Crippen LogP contribution in [0.25, 0.3) is 0 Å². The monoisotopic (exact) mass is 251 g/mol. The van der Waals surface area contributed by atoms with Crippen molar-refractivity contribution in [3.05, 3.63) is 11.8 Å². The summed E-state index contributed by atoms with van der Waals surface area (Å²) in [6, 6.07) is 1.94. The largest absolute Gasteiger partial charge is 0.384 e. The molecule has 6 heteroatoms. The molecule has 0 aliphatic carbocycles. The molecule has 6 nitrogen and oxygen atoms in total. The lowest BCUT2D eigenvalue weighted by Crippen LogP contribution is -2.44. The Labute approximate surface area is 107 Å². The molecule has 1 aliphatic rings. The van der Waals surface area contributed by atoms with Crippen LogP contribution in [0, 0.1) is 0 Å². The topological polar surface area (TPSA) is 67.4 Å². The van der Waals surface area contributed by atoms with Crippen molar-refractivity contribution in [2.45, 2.75) is 18.9 Å².